The van der Waals surface area contributed by atoms with Crippen molar-refractivity contribution in [2.24, 2.45) is 11.8 Å². The van der Waals surface area contributed by atoms with Gasteiger partial charge in [-0.25, -0.2) is 15.0 Å². The molecule has 0 aliphatic rings. The van der Waals surface area contributed by atoms with E-state index in [1.165, 1.54) is 17.7 Å². The van der Waals surface area contributed by atoms with E-state index in [1.54, 1.807) is 13.8 Å². The smallest absolute Gasteiger partial charge is 0.426 e. The van der Waals surface area contributed by atoms with E-state index in [0.29, 0.717) is 5.75 Å². The van der Waals surface area contributed by atoms with E-state index < -0.39 is 42.3 Å². The van der Waals surface area contributed by atoms with E-state index >= 15 is 0 Å². The van der Waals surface area contributed by atoms with Crippen molar-refractivity contribution in [3.05, 3.63) is 0 Å². The summed E-state index contributed by atoms with van der Waals surface area (Å²) in [5.41, 5.74) is 4.27. The number of carboxylic acids is 2. The highest BCUT2D eigenvalue weighted by atomic mass is 33.1. The predicted molar refractivity (Wildman–Crippen MR) is 103 cm³/mol. The number of hydrogen-bond acceptors (Lipinski definition) is 8. The highest BCUT2D eigenvalue weighted by molar-refractivity contribution is 8.76. The minimum atomic E-state index is -1.24. The van der Waals surface area contributed by atoms with Crippen molar-refractivity contribution in [2.45, 2.75) is 33.2 Å². The zero-order chi connectivity index (χ0) is 21.7. The highest BCUT2D eigenvalue weighted by Gasteiger charge is 2.24. The molecule has 0 saturated heterocycles. The van der Waals surface area contributed by atoms with Gasteiger partial charge in [0.1, 0.15) is 12.6 Å². The lowest BCUT2D eigenvalue weighted by atomic mass is 10.1. The van der Waals surface area contributed by atoms with Crippen molar-refractivity contribution in [2.75, 3.05) is 18.1 Å². The van der Waals surface area contributed by atoms with Crippen LogP contribution in [0.5, 0.6) is 0 Å². The first-order valence-electron chi connectivity index (χ1n) is 8.26. The molecule has 0 bridgehead atoms. The molecule has 0 aromatic carbocycles. The van der Waals surface area contributed by atoms with E-state index in [-0.39, 0.29) is 24.2 Å². The van der Waals surface area contributed by atoms with Gasteiger partial charge >= 0.3 is 18.0 Å². The minimum absolute atomic E-state index is 0.0286. The van der Waals surface area contributed by atoms with Crippen molar-refractivity contribution in [3.63, 3.8) is 0 Å². The van der Waals surface area contributed by atoms with Gasteiger partial charge in [-0.2, -0.15) is 0 Å². The zero-order valence-electron chi connectivity index (χ0n) is 15.7. The number of carbonyl (C=O) groups is 5. The van der Waals surface area contributed by atoms with Gasteiger partial charge in [-0.15, -0.1) is 0 Å². The molecule has 0 aliphatic heterocycles. The van der Waals surface area contributed by atoms with E-state index in [1.807, 2.05) is 0 Å². The second kappa shape index (κ2) is 13.9. The number of hydrazine groups is 1. The summed E-state index contributed by atoms with van der Waals surface area (Å²) in [6.07, 6.45) is -1.21. The summed E-state index contributed by atoms with van der Waals surface area (Å²) in [4.78, 5) is 56.2. The van der Waals surface area contributed by atoms with Gasteiger partial charge in [-0.1, -0.05) is 42.4 Å². The van der Waals surface area contributed by atoms with Gasteiger partial charge in [0.25, 0.3) is 0 Å². The Morgan fingerprint density at radius 1 is 0.964 bits per heavy atom. The number of rotatable bonds is 12. The van der Waals surface area contributed by atoms with Gasteiger partial charge in [0.05, 0.1) is 6.42 Å². The first-order valence-corrected chi connectivity index (χ1v) is 10.7. The van der Waals surface area contributed by atoms with E-state index in [4.69, 9.17) is 14.9 Å². The lowest BCUT2D eigenvalue weighted by molar-refractivity contribution is -0.143. The van der Waals surface area contributed by atoms with Crippen molar-refractivity contribution < 1.29 is 38.9 Å². The van der Waals surface area contributed by atoms with Crippen LogP contribution in [0.4, 0.5) is 4.79 Å². The van der Waals surface area contributed by atoms with Gasteiger partial charge in [0.15, 0.2) is 0 Å². The molecule has 0 spiro atoms. The summed E-state index contributed by atoms with van der Waals surface area (Å²) in [5.74, 6) is -4.13. The lowest BCUT2D eigenvalue weighted by Gasteiger charge is -2.16. The molecule has 0 heterocycles. The average Bonchev–Trinajstić information content (AvgIpc) is 2.60. The Bertz CT molecular complexity index is 573. The maximum Gasteiger partial charge on any atom is 0.426 e. The second-order valence-electron chi connectivity index (χ2n) is 5.91. The SMILES string of the molecule is CC(C)C(=O)NNC(=O)OCCSSC[C@H](NC(=O)[C@@H](C)CC(=O)O)C(=O)O. The average molecular weight is 440 g/mol. The summed E-state index contributed by atoms with van der Waals surface area (Å²) in [7, 11) is 2.39. The number of nitrogens with one attached hydrogen (secondary N) is 3. The molecule has 0 saturated carbocycles. The molecule has 0 aromatic rings. The summed E-state index contributed by atoms with van der Waals surface area (Å²) in [5, 5.41) is 20.1. The fourth-order valence-corrected chi connectivity index (χ4v) is 3.46. The fourth-order valence-electron chi connectivity index (χ4n) is 1.48. The lowest BCUT2D eigenvalue weighted by Crippen LogP contribution is -2.45. The summed E-state index contributed by atoms with van der Waals surface area (Å²) in [6.45, 7) is 4.75. The molecule has 3 amide bonds. The molecular formula is C15H25N3O8S2. The number of carboxylic acid groups (broad SMARTS) is 2. The quantitative estimate of drug-likeness (QED) is 0.163. The first-order chi connectivity index (χ1) is 13.0. The van der Waals surface area contributed by atoms with Crippen LogP contribution in [0.15, 0.2) is 0 Å². The van der Waals surface area contributed by atoms with Crippen LogP contribution in [0.2, 0.25) is 0 Å². The molecule has 0 radical (unpaired) electrons. The van der Waals surface area contributed by atoms with Crippen LogP contribution in [-0.2, 0) is 23.9 Å². The number of ether oxygens (including phenoxy) is 1. The van der Waals surface area contributed by atoms with Crippen LogP contribution in [0.25, 0.3) is 0 Å². The molecule has 0 aliphatic carbocycles. The predicted octanol–water partition coefficient (Wildman–Crippen LogP) is 0.461. The van der Waals surface area contributed by atoms with Crippen molar-refractivity contribution >= 4 is 51.4 Å². The third-order valence-electron chi connectivity index (χ3n) is 3.07. The number of carbonyl (C=O) groups excluding carboxylic acids is 3. The Kier molecular flexibility index (Phi) is 12.9. The summed E-state index contributed by atoms with van der Waals surface area (Å²) >= 11 is 0. The molecule has 11 nitrogen and oxygen atoms in total. The summed E-state index contributed by atoms with van der Waals surface area (Å²) < 4.78 is 4.82. The molecule has 0 rings (SSSR count). The van der Waals surface area contributed by atoms with E-state index in [0.717, 1.165) is 10.8 Å². The molecule has 0 fully saturated rings. The molecule has 13 heteroatoms. The van der Waals surface area contributed by atoms with Gasteiger partial charge < -0.3 is 20.3 Å². The number of amides is 3. The van der Waals surface area contributed by atoms with Gasteiger partial charge in [0.2, 0.25) is 11.8 Å². The number of hydrogen-bond donors (Lipinski definition) is 5. The Labute approximate surface area is 170 Å². The van der Waals surface area contributed by atoms with E-state index in [2.05, 4.69) is 16.2 Å². The first kappa shape index (κ1) is 25.9. The monoisotopic (exact) mass is 439 g/mol. The maximum atomic E-state index is 11.8. The molecular weight excluding hydrogens is 414 g/mol. The van der Waals surface area contributed by atoms with Gasteiger partial charge in [0, 0.05) is 23.3 Å². The van der Waals surface area contributed by atoms with Crippen LogP contribution in [0, 0.1) is 11.8 Å². The van der Waals surface area contributed by atoms with Crippen molar-refractivity contribution in [1.29, 1.82) is 0 Å². The molecule has 0 unspecified atom stereocenters. The molecule has 5 N–H and O–H groups in total. The van der Waals surface area contributed by atoms with Gasteiger partial charge in [-0.3, -0.25) is 19.8 Å². The third-order valence-corrected chi connectivity index (χ3v) is 5.45. The van der Waals surface area contributed by atoms with Crippen LogP contribution in [0.3, 0.4) is 0 Å². The Morgan fingerprint density at radius 3 is 2.14 bits per heavy atom. The third kappa shape index (κ3) is 12.3. The molecule has 28 heavy (non-hydrogen) atoms. The van der Waals surface area contributed by atoms with Crippen molar-refractivity contribution in [3.8, 4) is 0 Å². The standard InChI is InChI=1S/C15H25N3O8S2/c1-8(2)12(21)17-18-15(25)26-4-5-27-28-7-10(14(23)24)16-13(22)9(3)6-11(19)20/h8-10H,4-7H2,1-3H3,(H,16,22)(H,17,21)(H,18,25)(H,19,20)(H,23,24)/t9-,10-/m0/s1. The molecule has 160 valence electrons. The molecule has 0 aromatic heterocycles. The number of aliphatic carboxylic acids is 2. The minimum Gasteiger partial charge on any atom is -0.481 e. The zero-order valence-corrected chi connectivity index (χ0v) is 17.4. The Morgan fingerprint density at radius 2 is 1.61 bits per heavy atom. The maximum absolute atomic E-state index is 11.8. The highest BCUT2D eigenvalue weighted by Crippen LogP contribution is 2.22. The van der Waals surface area contributed by atoms with Crippen molar-refractivity contribution in [1.82, 2.24) is 16.2 Å². The fraction of sp³-hybridized carbons (Fsp3) is 0.667. The van der Waals surface area contributed by atoms with Crippen LogP contribution in [-0.4, -0.2) is 64.2 Å². The van der Waals surface area contributed by atoms with Crippen LogP contribution >= 0.6 is 21.6 Å². The largest absolute Gasteiger partial charge is 0.481 e. The van der Waals surface area contributed by atoms with E-state index in [9.17, 15) is 24.0 Å². The molecule has 2 atom stereocenters. The topological polar surface area (TPSA) is 171 Å². The van der Waals surface area contributed by atoms with Crippen LogP contribution < -0.4 is 16.2 Å². The normalized spacial score (nSPS) is 12.6. The van der Waals surface area contributed by atoms with Gasteiger partial charge in [-0.05, 0) is 0 Å². The Balaban J connectivity index is 4.03. The summed E-state index contributed by atoms with van der Waals surface area (Å²) in [6, 6.07) is -1.17. The van der Waals surface area contributed by atoms with Crippen LogP contribution in [0.1, 0.15) is 27.2 Å². The Hall–Kier alpha value is -2.15. The second-order valence-corrected chi connectivity index (χ2v) is 8.54.